The smallest absolute Gasteiger partial charge is 0.124 e. The quantitative estimate of drug-likeness (QED) is 0.801. The zero-order valence-corrected chi connectivity index (χ0v) is 13.4. The monoisotopic (exact) mass is 291 g/mol. The Morgan fingerprint density at radius 1 is 1.20 bits per heavy atom. The van der Waals surface area contributed by atoms with Crippen molar-refractivity contribution in [3.63, 3.8) is 0 Å². The Kier molecular flexibility index (Phi) is 4.95. The van der Waals surface area contributed by atoms with E-state index in [4.69, 9.17) is 0 Å². The molecular weight excluding hydrogens is 269 g/mol. The van der Waals surface area contributed by atoms with Crippen LogP contribution in [-0.4, -0.2) is 6.54 Å². The predicted octanol–water partition coefficient (Wildman–Crippen LogP) is 5.17. The maximum atomic E-state index is 13.5. The fourth-order valence-electron chi connectivity index (χ4n) is 2.44. The molecule has 2 rings (SSSR count). The van der Waals surface area contributed by atoms with Crippen LogP contribution in [0.4, 0.5) is 4.39 Å². The summed E-state index contributed by atoms with van der Waals surface area (Å²) in [5.74, 6) is 0.373. The highest BCUT2D eigenvalue weighted by molar-refractivity contribution is 7.15. The lowest BCUT2D eigenvalue weighted by atomic mass is 10.0. The number of benzene rings is 1. The Morgan fingerprint density at radius 2 is 1.95 bits per heavy atom. The summed E-state index contributed by atoms with van der Waals surface area (Å²) in [6, 6.07) is 9.84. The molecule has 0 radical (unpaired) electrons. The molecule has 1 aromatic heterocycles. The molecule has 1 heterocycles. The van der Waals surface area contributed by atoms with Gasteiger partial charge >= 0.3 is 0 Å². The van der Waals surface area contributed by atoms with Crippen molar-refractivity contribution >= 4 is 11.3 Å². The number of halogens is 1. The molecule has 108 valence electrons. The minimum Gasteiger partial charge on any atom is -0.309 e. The molecule has 0 aliphatic rings. The molecule has 1 aromatic carbocycles. The minimum absolute atomic E-state index is 0.165. The highest BCUT2D eigenvalue weighted by atomic mass is 32.1. The van der Waals surface area contributed by atoms with E-state index in [1.54, 1.807) is 23.5 Å². The van der Waals surface area contributed by atoms with Crippen molar-refractivity contribution in [2.45, 2.75) is 33.7 Å². The first kappa shape index (κ1) is 15.2. The van der Waals surface area contributed by atoms with Gasteiger partial charge in [0.1, 0.15) is 5.82 Å². The number of aryl methyl sites for hydroxylation is 1. The van der Waals surface area contributed by atoms with Gasteiger partial charge in [-0.25, -0.2) is 4.39 Å². The second-order valence-corrected chi connectivity index (χ2v) is 6.61. The van der Waals surface area contributed by atoms with Gasteiger partial charge in [-0.2, -0.15) is 0 Å². The van der Waals surface area contributed by atoms with Crippen LogP contribution in [-0.2, 0) is 0 Å². The van der Waals surface area contributed by atoms with Gasteiger partial charge in [-0.15, -0.1) is 11.3 Å². The summed E-state index contributed by atoms with van der Waals surface area (Å²) in [4.78, 5) is 2.45. The SMILES string of the molecule is CCNC(c1ccc(-c2cc(C)cc(F)c2)s1)C(C)C. The summed E-state index contributed by atoms with van der Waals surface area (Å²) in [7, 11) is 0. The topological polar surface area (TPSA) is 12.0 Å². The second-order valence-electron chi connectivity index (χ2n) is 5.50. The van der Waals surface area contributed by atoms with Crippen LogP contribution in [0.25, 0.3) is 10.4 Å². The molecule has 1 N–H and O–H groups in total. The second kappa shape index (κ2) is 6.51. The molecule has 0 saturated carbocycles. The van der Waals surface area contributed by atoms with Gasteiger partial charge in [-0.3, -0.25) is 0 Å². The van der Waals surface area contributed by atoms with Crippen molar-refractivity contribution in [3.8, 4) is 10.4 Å². The summed E-state index contributed by atoms with van der Waals surface area (Å²) in [5.41, 5.74) is 1.93. The number of hydrogen-bond donors (Lipinski definition) is 1. The van der Waals surface area contributed by atoms with Crippen molar-refractivity contribution < 1.29 is 4.39 Å². The molecule has 0 amide bonds. The Bertz CT molecular complexity index is 554. The number of hydrogen-bond acceptors (Lipinski definition) is 2. The fourth-order valence-corrected chi connectivity index (χ4v) is 3.68. The van der Waals surface area contributed by atoms with Crippen molar-refractivity contribution in [1.82, 2.24) is 5.32 Å². The molecule has 2 aromatic rings. The largest absolute Gasteiger partial charge is 0.309 e. The molecule has 20 heavy (non-hydrogen) atoms. The van der Waals surface area contributed by atoms with Gasteiger partial charge in [0.2, 0.25) is 0 Å². The van der Waals surface area contributed by atoms with Gasteiger partial charge in [-0.1, -0.05) is 26.8 Å². The lowest BCUT2D eigenvalue weighted by Gasteiger charge is -2.20. The molecule has 0 fully saturated rings. The van der Waals surface area contributed by atoms with Crippen molar-refractivity contribution in [2.75, 3.05) is 6.54 Å². The molecule has 1 nitrogen and oxygen atoms in total. The molecule has 0 bridgehead atoms. The average Bonchev–Trinajstić information content (AvgIpc) is 2.83. The fraction of sp³-hybridized carbons (Fsp3) is 0.412. The number of nitrogens with one attached hydrogen (secondary N) is 1. The highest BCUT2D eigenvalue weighted by Crippen LogP contribution is 2.34. The normalized spacial score (nSPS) is 12.9. The van der Waals surface area contributed by atoms with E-state index in [0.29, 0.717) is 12.0 Å². The van der Waals surface area contributed by atoms with Crippen LogP contribution >= 0.6 is 11.3 Å². The summed E-state index contributed by atoms with van der Waals surface area (Å²) in [6.07, 6.45) is 0. The first-order valence-electron chi connectivity index (χ1n) is 7.12. The van der Waals surface area contributed by atoms with E-state index in [1.807, 2.05) is 13.0 Å². The maximum absolute atomic E-state index is 13.5. The van der Waals surface area contributed by atoms with E-state index in [0.717, 1.165) is 22.5 Å². The van der Waals surface area contributed by atoms with Gasteiger partial charge in [0, 0.05) is 15.8 Å². The van der Waals surface area contributed by atoms with E-state index in [2.05, 4.69) is 38.2 Å². The zero-order valence-electron chi connectivity index (χ0n) is 12.5. The first-order valence-corrected chi connectivity index (χ1v) is 7.93. The molecule has 3 heteroatoms. The van der Waals surface area contributed by atoms with Crippen LogP contribution in [0, 0.1) is 18.7 Å². The van der Waals surface area contributed by atoms with Crippen LogP contribution in [0.1, 0.15) is 37.3 Å². The van der Waals surface area contributed by atoms with Crippen molar-refractivity contribution in [3.05, 3.63) is 46.6 Å². The van der Waals surface area contributed by atoms with E-state index in [-0.39, 0.29) is 5.82 Å². The Morgan fingerprint density at radius 3 is 2.55 bits per heavy atom. The molecule has 0 spiro atoms. The van der Waals surface area contributed by atoms with Crippen molar-refractivity contribution in [2.24, 2.45) is 5.92 Å². The zero-order chi connectivity index (χ0) is 14.7. The number of rotatable bonds is 5. The van der Waals surface area contributed by atoms with Gasteiger partial charge < -0.3 is 5.32 Å². The summed E-state index contributed by atoms with van der Waals surface area (Å²) in [6.45, 7) is 9.45. The third kappa shape index (κ3) is 3.47. The third-order valence-corrected chi connectivity index (χ3v) is 4.57. The Balaban J connectivity index is 2.32. The minimum atomic E-state index is -0.165. The molecule has 0 aliphatic carbocycles. The highest BCUT2D eigenvalue weighted by Gasteiger charge is 2.17. The van der Waals surface area contributed by atoms with Crippen molar-refractivity contribution in [1.29, 1.82) is 0 Å². The molecule has 0 aliphatic heterocycles. The van der Waals surface area contributed by atoms with Gasteiger partial charge in [0.25, 0.3) is 0 Å². The van der Waals surface area contributed by atoms with E-state index in [9.17, 15) is 4.39 Å². The van der Waals surface area contributed by atoms with Crippen LogP contribution in [0.5, 0.6) is 0 Å². The molecule has 0 saturated heterocycles. The van der Waals surface area contributed by atoms with Crippen LogP contribution in [0.3, 0.4) is 0 Å². The Labute approximate surface area is 124 Å². The molecule has 1 atom stereocenters. The van der Waals surface area contributed by atoms with E-state index in [1.165, 1.54) is 4.88 Å². The lowest BCUT2D eigenvalue weighted by Crippen LogP contribution is -2.24. The number of thiophene rings is 1. The molecular formula is C17H22FNS. The van der Waals surface area contributed by atoms with Crippen LogP contribution in [0.2, 0.25) is 0 Å². The Hall–Kier alpha value is -1.19. The molecule has 1 unspecified atom stereocenters. The van der Waals surface area contributed by atoms with E-state index < -0.39 is 0 Å². The van der Waals surface area contributed by atoms with Gasteiger partial charge in [0.05, 0.1) is 0 Å². The van der Waals surface area contributed by atoms with Crippen LogP contribution < -0.4 is 5.32 Å². The summed E-state index contributed by atoms with van der Waals surface area (Å²) < 4.78 is 13.5. The summed E-state index contributed by atoms with van der Waals surface area (Å²) in [5, 5.41) is 3.52. The van der Waals surface area contributed by atoms with Crippen LogP contribution in [0.15, 0.2) is 30.3 Å². The van der Waals surface area contributed by atoms with Gasteiger partial charge in [-0.05, 0) is 54.8 Å². The van der Waals surface area contributed by atoms with Gasteiger partial charge in [0.15, 0.2) is 0 Å². The maximum Gasteiger partial charge on any atom is 0.124 e. The predicted molar refractivity (Wildman–Crippen MR) is 85.7 cm³/mol. The average molecular weight is 291 g/mol. The lowest BCUT2D eigenvalue weighted by molar-refractivity contribution is 0.428. The van der Waals surface area contributed by atoms with E-state index >= 15 is 0 Å². The summed E-state index contributed by atoms with van der Waals surface area (Å²) >= 11 is 1.75. The first-order chi connectivity index (χ1) is 9.51. The third-order valence-electron chi connectivity index (χ3n) is 3.35. The standard InChI is InChI=1S/C17H22FNS/c1-5-19-17(11(2)3)16-7-6-15(20-16)13-8-12(4)9-14(18)10-13/h6-11,17,19H,5H2,1-4H3.